The van der Waals surface area contributed by atoms with Crippen molar-refractivity contribution in [2.45, 2.75) is 15.0 Å². The fraction of sp³-hybridized carbons (Fsp3) is 0.214. The van der Waals surface area contributed by atoms with Crippen molar-refractivity contribution in [3.63, 3.8) is 0 Å². The molecular formula is C14H16N2O2S2. The van der Waals surface area contributed by atoms with Crippen molar-refractivity contribution in [2.75, 3.05) is 12.8 Å². The van der Waals surface area contributed by atoms with Gasteiger partial charge in [0.25, 0.3) is 0 Å². The summed E-state index contributed by atoms with van der Waals surface area (Å²) in [5.74, 6) is 0. The number of benzene rings is 1. The van der Waals surface area contributed by atoms with E-state index in [9.17, 15) is 8.42 Å². The molecule has 1 heterocycles. The van der Waals surface area contributed by atoms with E-state index in [2.05, 4.69) is 4.98 Å². The summed E-state index contributed by atoms with van der Waals surface area (Å²) in [4.78, 5) is 5.60. The van der Waals surface area contributed by atoms with Crippen LogP contribution in [0.15, 0.2) is 58.5 Å². The Morgan fingerprint density at radius 2 is 1.90 bits per heavy atom. The van der Waals surface area contributed by atoms with E-state index in [-0.39, 0.29) is 5.25 Å². The van der Waals surface area contributed by atoms with Gasteiger partial charge in [0, 0.05) is 23.9 Å². The van der Waals surface area contributed by atoms with Crippen LogP contribution in [-0.4, -0.2) is 26.2 Å². The zero-order valence-corrected chi connectivity index (χ0v) is 12.7. The van der Waals surface area contributed by atoms with Gasteiger partial charge in [0.2, 0.25) is 0 Å². The van der Waals surface area contributed by atoms with Gasteiger partial charge in [0.1, 0.15) is 0 Å². The summed E-state index contributed by atoms with van der Waals surface area (Å²) in [6.45, 7) is 0.468. The molecular weight excluding hydrogens is 292 g/mol. The predicted octanol–water partition coefficient (Wildman–Crippen LogP) is 2.28. The number of thioether (sulfide) groups is 1. The van der Waals surface area contributed by atoms with E-state index in [4.69, 9.17) is 5.73 Å². The first-order valence-electron chi connectivity index (χ1n) is 6.08. The van der Waals surface area contributed by atoms with E-state index in [0.717, 1.165) is 10.6 Å². The summed E-state index contributed by atoms with van der Waals surface area (Å²) in [6.07, 6.45) is 2.94. The monoisotopic (exact) mass is 308 g/mol. The Labute approximate surface area is 123 Å². The van der Waals surface area contributed by atoms with Crippen LogP contribution in [0.3, 0.4) is 0 Å². The number of pyridine rings is 1. The lowest BCUT2D eigenvalue weighted by Crippen LogP contribution is -2.10. The molecule has 1 aromatic heterocycles. The van der Waals surface area contributed by atoms with Gasteiger partial charge in [0.05, 0.1) is 15.8 Å². The van der Waals surface area contributed by atoms with Crippen LogP contribution in [0.5, 0.6) is 0 Å². The van der Waals surface area contributed by atoms with Crippen LogP contribution in [0.2, 0.25) is 0 Å². The van der Waals surface area contributed by atoms with Crippen LogP contribution < -0.4 is 5.73 Å². The highest BCUT2D eigenvalue weighted by molar-refractivity contribution is 7.99. The second-order valence-electron chi connectivity index (χ2n) is 4.34. The summed E-state index contributed by atoms with van der Waals surface area (Å²) in [7, 11) is -3.15. The highest BCUT2D eigenvalue weighted by atomic mass is 32.2. The van der Waals surface area contributed by atoms with E-state index in [1.165, 1.54) is 6.26 Å². The van der Waals surface area contributed by atoms with Gasteiger partial charge in [-0.2, -0.15) is 0 Å². The molecule has 2 rings (SSSR count). The van der Waals surface area contributed by atoms with E-state index >= 15 is 0 Å². The fourth-order valence-electron chi connectivity index (χ4n) is 1.73. The molecule has 1 unspecified atom stereocenters. The minimum absolute atomic E-state index is 0.0558. The summed E-state index contributed by atoms with van der Waals surface area (Å²) in [5, 5.41) is 0.0558. The van der Waals surface area contributed by atoms with Gasteiger partial charge in [-0.15, -0.1) is 11.8 Å². The van der Waals surface area contributed by atoms with Crippen molar-refractivity contribution in [1.29, 1.82) is 0 Å². The van der Waals surface area contributed by atoms with Gasteiger partial charge in [-0.05, 0) is 36.4 Å². The summed E-state index contributed by atoms with van der Waals surface area (Å²) in [6, 6.07) is 12.6. The van der Waals surface area contributed by atoms with Crippen molar-refractivity contribution in [3.8, 4) is 0 Å². The Bertz CT molecular complexity index is 655. The topological polar surface area (TPSA) is 73.0 Å². The molecule has 2 aromatic rings. The number of hydrogen-bond acceptors (Lipinski definition) is 5. The summed E-state index contributed by atoms with van der Waals surface area (Å²) >= 11 is 1.58. The first kappa shape index (κ1) is 15.0. The Morgan fingerprint density at radius 1 is 1.20 bits per heavy atom. The number of nitrogens with zero attached hydrogens (tertiary/aromatic N) is 1. The van der Waals surface area contributed by atoms with Gasteiger partial charge in [-0.3, -0.25) is 4.98 Å². The van der Waals surface area contributed by atoms with Gasteiger partial charge in [0.15, 0.2) is 9.84 Å². The summed E-state index contributed by atoms with van der Waals surface area (Å²) < 4.78 is 22.8. The Kier molecular flexibility index (Phi) is 4.80. The molecule has 0 amide bonds. The third-order valence-corrected chi connectivity index (χ3v) is 5.15. The number of rotatable bonds is 5. The highest BCUT2D eigenvalue weighted by Crippen LogP contribution is 2.33. The second-order valence-corrected chi connectivity index (χ2v) is 7.63. The highest BCUT2D eigenvalue weighted by Gasteiger charge is 2.13. The normalized spacial score (nSPS) is 13.1. The molecule has 0 aliphatic carbocycles. The maximum absolute atomic E-state index is 11.4. The molecule has 0 bridgehead atoms. The van der Waals surface area contributed by atoms with Crippen molar-refractivity contribution < 1.29 is 8.42 Å². The minimum atomic E-state index is -3.15. The maximum Gasteiger partial charge on any atom is 0.175 e. The molecule has 106 valence electrons. The van der Waals surface area contributed by atoms with Crippen molar-refractivity contribution in [3.05, 3.63) is 54.4 Å². The lowest BCUT2D eigenvalue weighted by atomic mass is 10.3. The SMILES string of the molecule is CS(=O)(=O)c1ccc(SC(CN)c2ccccn2)cc1. The molecule has 6 heteroatoms. The number of sulfone groups is 1. The maximum atomic E-state index is 11.4. The Morgan fingerprint density at radius 3 is 2.40 bits per heavy atom. The molecule has 0 aliphatic rings. The molecule has 1 aromatic carbocycles. The van der Waals surface area contributed by atoms with Crippen molar-refractivity contribution >= 4 is 21.6 Å². The zero-order valence-electron chi connectivity index (χ0n) is 11.1. The average Bonchev–Trinajstić information content (AvgIpc) is 2.45. The van der Waals surface area contributed by atoms with E-state index in [1.54, 1.807) is 42.2 Å². The summed E-state index contributed by atoms with van der Waals surface area (Å²) in [5.41, 5.74) is 6.72. The van der Waals surface area contributed by atoms with Gasteiger partial charge in [-0.1, -0.05) is 6.07 Å². The van der Waals surface area contributed by atoms with Crippen LogP contribution in [0, 0.1) is 0 Å². The zero-order chi connectivity index (χ0) is 14.6. The smallest absolute Gasteiger partial charge is 0.175 e. The molecule has 2 N–H and O–H groups in total. The first-order chi connectivity index (χ1) is 9.50. The predicted molar refractivity (Wildman–Crippen MR) is 81.4 cm³/mol. The molecule has 0 radical (unpaired) electrons. The molecule has 20 heavy (non-hydrogen) atoms. The molecule has 0 fully saturated rings. The Balaban J connectivity index is 2.17. The third kappa shape index (κ3) is 3.82. The van der Waals surface area contributed by atoms with Crippen molar-refractivity contribution in [2.24, 2.45) is 5.73 Å². The van der Waals surface area contributed by atoms with Gasteiger partial charge in [-0.25, -0.2) is 8.42 Å². The molecule has 0 aliphatic heterocycles. The third-order valence-electron chi connectivity index (χ3n) is 2.76. The molecule has 1 atom stereocenters. The lowest BCUT2D eigenvalue weighted by Gasteiger charge is -2.13. The minimum Gasteiger partial charge on any atom is -0.329 e. The second kappa shape index (κ2) is 6.39. The van der Waals surface area contributed by atoms with Gasteiger partial charge < -0.3 is 5.73 Å². The number of hydrogen-bond donors (Lipinski definition) is 1. The number of aromatic nitrogens is 1. The Hall–Kier alpha value is -1.37. The standard InChI is InChI=1S/C14H16N2O2S2/c1-20(17,18)12-7-5-11(6-8-12)19-14(10-15)13-4-2-3-9-16-13/h2-9,14H,10,15H2,1H3. The first-order valence-corrected chi connectivity index (χ1v) is 8.85. The van der Waals surface area contributed by atoms with Crippen LogP contribution in [-0.2, 0) is 9.84 Å². The molecule has 0 spiro atoms. The lowest BCUT2D eigenvalue weighted by molar-refractivity contribution is 0.602. The van der Waals surface area contributed by atoms with E-state index in [0.29, 0.717) is 11.4 Å². The van der Waals surface area contributed by atoms with Gasteiger partial charge >= 0.3 is 0 Å². The fourth-order valence-corrected chi connectivity index (χ4v) is 3.33. The average molecular weight is 308 g/mol. The molecule has 0 saturated heterocycles. The molecule has 0 saturated carbocycles. The van der Waals surface area contributed by atoms with E-state index in [1.807, 2.05) is 18.2 Å². The van der Waals surface area contributed by atoms with Crippen LogP contribution in [0.1, 0.15) is 10.9 Å². The van der Waals surface area contributed by atoms with Crippen LogP contribution in [0.25, 0.3) is 0 Å². The largest absolute Gasteiger partial charge is 0.329 e. The quantitative estimate of drug-likeness (QED) is 0.858. The molecule has 4 nitrogen and oxygen atoms in total. The van der Waals surface area contributed by atoms with Crippen LogP contribution >= 0.6 is 11.8 Å². The van der Waals surface area contributed by atoms with E-state index < -0.39 is 9.84 Å². The number of nitrogens with two attached hydrogens (primary N) is 1. The van der Waals surface area contributed by atoms with Crippen LogP contribution in [0.4, 0.5) is 0 Å². The van der Waals surface area contributed by atoms with Crippen molar-refractivity contribution in [1.82, 2.24) is 4.98 Å².